The van der Waals surface area contributed by atoms with Crippen molar-refractivity contribution < 1.29 is 13.2 Å². The largest absolute Gasteiger partial charge is 0.293 e. The molecule has 16 heavy (non-hydrogen) atoms. The molecule has 1 rings (SSSR count). The van der Waals surface area contributed by atoms with Crippen molar-refractivity contribution in [3.05, 3.63) is 29.8 Å². The second-order valence-corrected chi connectivity index (χ2v) is 5.83. The van der Waals surface area contributed by atoms with E-state index in [1.54, 1.807) is 6.92 Å². The molecule has 1 N–H and O–H groups in total. The van der Waals surface area contributed by atoms with Gasteiger partial charge in [0.15, 0.2) is 5.78 Å². The Kier molecular flexibility index (Phi) is 3.93. The van der Waals surface area contributed by atoms with E-state index in [-0.39, 0.29) is 5.78 Å². The van der Waals surface area contributed by atoms with Gasteiger partial charge < -0.3 is 0 Å². The van der Waals surface area contributed by atoms with Crippen LogP contribution < -0.4 is 4.72 Å². The highest BCUT2D eigenvalue weighted by Crippen LogP contribution is 2.13. The quantitative estimate of drug-likeness (QED) is 0.665. The minimum atomic E-state index is -3.29. The molecule has 0 aromatic heterocycles. The van der Waals surface area contributed by atoms with E-state index in [2.05, 4.69) is 4.72 Å². The Bertz CT molecular complexity index is 479. The first-order valence-electron chi connectivity index (χ1n) is 4.56. The van der Waals surface area contributed by atoms with Crippen LogP contribution in [0.2, 0.25) is 0 Å². The Morgan fingerprint density at radius 2 is 1.81 bits per heavy atom. The molecule has 4 nitrogen and oxygen atoms in total. The molecule has 0 radical (unpaired) electrons. The zero-order valence-corrected chi connectivity index (χ0v) is 10.5. The highest BCUT2D eigenvalue weighted by Gasteiger charge is 2.12. The van der Waals surface area contributed by atoms with Crippen LogP contribution in [0.15, 0.2) is 24.3 Å². The first-order valence-corrected chi connectivity index (χ1v) is 6.88. The summed E-state index contributed by atoms with van der Waals surface area (Å²) in [6, 6.07) is 6.12. The Morgan fingerprint density at radius 1 is 1.31 bits per heavy atom. The minimum Gasteiger partial charge on any atom is -0.293 e. The van der Waals surface area contributed by atoms with Crippen LogP contribution in [0.25, 0.3) is 0 Å². The predicted octanol–water partition coefficient (Wildman–Crippen LogP) is 1.87. The molecule has 0 amide bonds. The number of nitrogens with one attached hydrogen (secondary N) is 1. The SMILES string of the molecule is C[C@@H](Cl)C(=O)c1ccc(NS(C)(=O)=O)cc1. The molecule has 1 aromatic rings. The maximum Gasteiger partial charge on any atom is 0.229 e. The second-order valence-electron chi connectivity index (χ2n) is 3.43. The van der Waals surface area contributed by atoms with Crippen LogP contribution in [0.4, 0.5) is 5.69 Å². The minimum absolute atomic E-state index is 0.187. The van der Waals surface area contributed by atoms with Gasteiger partial charge in [0.1, 0.15) is 0 Å². The number of carbonyl (C=O) groups excluding carboxylic acids is 1. The van der Waals surface area contributed by atoms with E-state index >= 15 is 0 Å². The number of ketones is 1. The van der Waals surface area contributed by atoms with Gasteiger partial charge in [0.25, 0.3) is 0 Å². The van der Waals surface area contributed by atoms with Crippen molar-refractivity contribution in [2.24, 2.45) is 0 Å². The zero-order chi connectivity index (χ0) is 12.3. The average molecular weight is 262 g/mol. The van der Waals surface area contributed by atoms with E-state index in [0.29, 0.717) is 11.3 Å². The molecule has 1 atom stereocenters. The van der Waals surface area contributed by atoms with Gasteiger partial charge in [0.2, 0.25) is 10.0 Å². The number of sulfonamides is 1. The van der Waals surface area contributed by atoms with Crippen molar-refractivity contribution in [1.82, 2.24) is 0 Å². The highest BCUT2D eigenvalue weighted by molar-refractivity contribution is 7.92. The Morgan fingerprint density at radius 3 is 2.19 bits per heavy atom. The summed E-state index contributed by atoms with van der Waals surface area (Å²) in [6.07, 6.45) is 1.06. The van der Waals surface area contributed by atoms with Gasteiger partial charge in [-0.3, -0.25) is 9.52 Å². The summed E-state index contributed by atoms with van der Waals surface area (Å²) >= 11 is 5.65. The fraction of sp³-hybridized carbons (Fsp3) is 0.300. The summed E-state index contributed by atoms with van der Waals surface area (Å²) in [5.41, 5.74) is 0.878. The lowest BCUT2D eigenvalue weighted by Gasteiger charge is -2.05. The van der Waals surface area contributed by atoms with Crippen LogP contribution in [0.1, 0.15) is 17.3 Å². The molecule has 0 saturated carbocycles. The van der Waals surface area contributed by atoms with Crippen LogP contribution in [-0.4, -0.2) is 25.8 Å². The van der Waals surface area contributed by atoms with Crippen molar-refractivity contribution >= 4 is 33.1 Å². The van der Waals surface area contributed by atoms with Gasteiger partial charge in [-0.2, -0.15) is 0 Å². The molecule has 0 saturated heterocycles. The van der Waals surface area contributed by atoms with Gasteiger partial charge in [-0.15, -0.1) is 11.6 Å². The summed E-state index contributed by atoms with van der Waals surface area (Å²) in [7, 11) is -3.29. The van der Waals surface area contributed by atoms with Crippen molar-refractivity contribution in [2.75, 3.05) is 11.0 Å². The molecule has 0 aliphatic carbocycles. The van der Waals surface area contributed by atoms with Crippen molar-refractivity contribution in [3.8, 4) is 0 Å². The monoisotopic (exact) mass is 261 g/mol. The first-order chi connectivity index (χ1) is 7.29. The van der Waals surface area contributed by atoms with Gasteiger partial charge in [-0.1, -0.05) is 0 Å². The van der Waals surface area contributed by atoms with E-state index in [0.717, 1.165) is 6.26 Å². The highest BCUT2D eigenvalue weighted by atomic mass is 35.5. The van der Waals surface area contributed by atoms with Crippen molar-refractivity contribution in [1.29, 1.82) is 0 Å². The molecule has 0 unspecified atom stereocenters. The number of rotatable bonds is 4. The molecule has 0 heterocycles. The zero-order valence-electron chi connectivity index (χ0n) is 8.90. The van der Waals surface area contributed by atoms with Crippen molar-refractivity contribution in [3.63, 3.8) is 0 Å². The number of halogens is 1. The maximum atomic E-state index is 11.5. The third-order valence-corrected chi connectivity index (χ3v) is 2.64. The number of alkyl halides is 1. The van der Waals surface area contributed by atoms with Gasteiger partial charge in [0.05, 0.1) is 11.6 Å². The molecule has 0 fully saturated rings. The smallest absolute Gasteiger partial charge is 0.229 e. The molecule has 6 heteroatoms. The molecule has 0 aliphatic heterocycles. The standard InChI is InChI=1S/C10H12ClNO3S/c1-7(11)10(13)8-3-5-9(6-4-8)12-16(2,14)15/h3-7,12H,1-2H3/t7-/m1/s1. The lowest BCUT2D eigenvalue weighted by Crippen LogP contribution is -2.12. The average Bonchev–Trinajstić information content (AvgIpc) is 2.15. The Labute approximate surface area is 99.7 Å². The van der Waals surface area contributed by atoms with E-state index in [1.165, 1.54) is 24.3 Å². The lowest BCUT2D eigenvalue weighted by molar-refractivity contribution is 0.0992. The Balaban J connectivity index is 2.88. The van der Waals surface area contributed by atoms with Crippen LogP contribution in [0.5, 0.6) is 0 Å². The van der Waals surface area contributed by atoms with E-state index in [9.17, 15) is 13.2 Å². The number of Topliss-reactive ketones (excluding diaryl/α,β-unsaturated/α-hetero) is 1. The molecule has 0 spiro atoms. The van der Waals surface area contributed by atoms with Crippen LogP contribution in [-0.2, 0) is 10.0 Å². The number of benzene rings is 1. The van der Waals surface area contributed by atoms with Gasteiger partial charge in [-0.25, -0.2) is 8.42 Å². The predicted molar refractivity (Wildman–Crippen MR) is 64.6 cm³/mol. The normalized spacial score (nSPS) is 13.2. The molecular weight excluding hydrogens is 250 g/mol. The van der Waals surface area contributed by atoms with Crippen LogP contribution >= 0.6 is 11.6 Å². The first kappa shape index (κ1) is 13.0. The van der Waals surface area contributed by atoms with Gasteiger partial charge >= 0.3 is 0 Å². The third-order valence-electron chi connectivity index (χ3n) is 1.83. The summed E-state index contributed by atoms with van der Waals surface area (Å²) in [5, 5.41) is -0.589. The number of anilines is 1. The summed E-state index contributed by atoms with van der Waals surface area (Å²) in [6.45, 7) is 1.59. The van der Waals surface area contributed by atoms with Gasteiger partial charge in [-0.05, 0) is 31.2 Å². The summed E-state index contributed by atoms with van der Waals surface area (Å²) < 4.78 is 24.2. The topological polar surface area (TPSA) is 63.2 Å². The molecule has 0 bridgehead atoms. The van der Waals surface area contributed by atoms with Crippen LogP contribution in [0.3, 0.4) is 0 Å². The van der Waals surface area contributed by atoms with Crippen molar-refractivity contribution in [2.45, 2.75) is 12.3 Å². The molecule has 88 valence electrons. The number of hydrogen-bond acceptors (Lipinski definition) is 3. The molecular formula is C10H12ClNO3S. The summed E-state index contributed by atoms with van der Waals surface area (Å²) in [4.78, 5) is 11.5. The summed E-state index contributed by atoms with van der Waals surface area (Å²) in [5.74, 6) is -0.187. The number of carbonyl (C=O) groups is 1. The van der Waals surface area contributed by atoms with E-state index < -0.39 is 15.4 Å². The number of hydrogen-bond donors (Lipinski definition) is 1. The lowest BCUT2D eigenvalue weighted by atomic mass is 10.1. The second kappa shape index (κ2) is 4.84. The van der Waals surface area contributed by atoms with E-state index in [4.69, 9.17) is 11.6 Å². The van der Waals surface area contributed by atoms with Gasteiger partial charge in [0, 0.05) is 11.3 Å². The van der Waals surface area contributed by atoms with E-state index in [1.807, 2.05) is 0 Å². The molecule has 1 aromatic carbocycles. The van der Waals surface area contributed by atoms with Crippen LogP contribution in [0, 0.1) is 0 Å². The Hall–Kier alpha value is -1.07. The fourth-order valence-corrected chi connectivity index (χ4v) is 1.84. The molecule has 0 aliphatic rings. The maximum absolute atomic E-state index is 11.5. The fourth-order valence-electron chi connectivity index (χ4n) is 1.15. The third kappa shape index (κ3) is 3.83.